The van der Waals surface area contributed by atoms with Gasteiger partial charge in [0.25, 0.3) is 0 Å². The Morgan fingerprint density at radius 1 is 1.35 bits per heavy atom. The highest BCUT2D eigenvalue weighted by Crippen LogP contribution is 2.46. The number of imidazole rings is 1. The molecule has 1 aliphatic rings. The molecule has 0 saturated heterocycles. The molecule has 0 fully saturated rings. The number of fused-ring (bicyclic) bond motifs is 3. The Kier molecular flexibility index (Phi) is 4.11. The number of hydrogen-bond acceptors (Lipinski definition) is 4. The van der Waals surface area contributed by atoms with Gasteiger partial charge in [0.1, 0.15) is 23.5 Å². The fourth-order valence-corrected chi connectivity index (χ4v) is 3.88. The van der Waals surface area contributed by atoms with Gasteiger partial charge in [0.05, 0.1) is 17.1 Å². The van der Waals surface area contributed by atoms with Crippen LogP contribution in [0.25, 0.3) is 11.0 Å². The maximum Gasteiger partial charge on any atom is 0.387 e. The van der Waals surface area contributed by atoms with Crippen molar-refractivity contribution in [3.8, 4) is 5.75 Å². The number of aliphatic hydroxyl groups is 1. The minimum absolute atomic E-state index is 0.00164. The summed E-state index contributed by atoms with van der Waals surface area (Å²) in [5.74, 6) is -0.0237. The van der Waals surface area contributed by atoms with E-state index in [0.717, 1.165) is 0 Å². The maximum absolute atomic E-state index is 13.9. The Hall–Kier alpha value is -2.19. The molecule has 4 nitrogen and oxygen atoms in total. The van der Waals surface area contributed by atoms with Crippen molar-refractivity contribution in [1.82, 2.24) is 9.55 Å². The van der Waals surface area contributed by atoms with Crippen molar-refractivity contribution in [2.75, 3.05) is 0 Å². The van der Waals surface area contributed by atoms with Crippen molar-refractivity contribution in [2.45, 2.75) is 37.0 Å². The number of hydrogen-bond donors (Lipinski definition) is 2. The molecular weight excluding hydrogens is 365 g/mol. The van der Waals surface area contributed by atoms with Crippen molar-refractivity contribution >= 4 is 23.7 Å². The molecule has 0 unspecified atom stereocenters. The number of ether oxygens (including phenoxy) is 1. The largest absolute Gasteiger partial charge is 0.434 e. The first-order valence-corrected chi connectivity index (χ1v) is 8.44. The van der Waals surface area contributed by atoms with Crippen LogP contribution < -0.4 is 4.74 Å². The van der Waals surface area contributed by atoms with E-state index >= 15 is 0 Å². The van der Waals surface area contributed by atoms with Crippen LogP contribution in [0.4, 0.5) is 13.2 Å². The standard InChI is InChI=1S/C18H15F3N2O2S/c1-8-5-11-10(6-9(8)19)22-17-13(24)7-12(23(11)17)16-14(25-18(20)21)3-2-4-15(16)26/h2-6,12-13,18,24,26H,7H2,1H3/t12-,13+/m1/s1. The Labute approximate surface area is 152 Å². The van der Waals surface area contributed by atoms with Crippen LogP contribution in [0.2, 0.25) is 0 Å². The van der Waals surface area contributed by atoms with Crippen molar-refractivity contribution in [2.24, 2.45) is 0 Å². The van der Waals surface area contributed by atoms with Crippen molar-refractivity contribution in [3.63, 3.8) is 0 Å². The van der Waals surface area contributed by atoms with Crippen LogP contribution in [0, 0.1) is 12.7 Å². The van der Waals surface area contributed by atoms with Gasteiger partial charge in [0.15, 0.2) is 0 Å². The molecule has 2 heterocycles. The number of thiol groups is 1. The van der Waals surface area contributed by atoms with Crippen LogP contribution in [0.5, 0.6) is 5.75 Å². The van der Waals surface area contributed by atoms with Crippen LogP contribution >= 0.6 is 12.6 Å². The molecule has 0 bridgehead atoms. The highest BCUT2D eigenvalue weighted by molar-refractivity contribution is 7.80. The zero-order chi connectivity index (χ0) is 18.6. The van der Waals surface area contributed by atoms with Crippen LogP contribution in [0.3, 0.4) is 0 Å². The summed E-state index contributed by atoms with van der Waals surface area (Å²) in [6.45, 7) is -1.35. The minimum atomic E-state index is -2.98. The second kappa shape index (κ2) is 6.21. The summed E-state index contributed by atoms with van der Waals surface area (Å²) in [6, 6.07) is 7.13. The highest BCUT2D eigenvalue weighted by atomic mass is 32.1. The van der Waals surface area contributed by atoms with Gasteiger partial charge in [0, 0.05) is 22.9 Å². The molecule has 2 atom stereocenters. The quantitative estimate of drug-likeness (QED) is 0.662. The molecule has 0 aliphatic carbocycles. The lowest BCUT2D eigenvalue weighted by atomic mass is 10.0. The molecule has 4 rings (SSSR count). The molecule has 3 aromatic rings. The summed E-state index contributed by atoms with van der Waals surface area (Å²) >= 11 is 4.40. The third kappa shape index (κ3) is 2.64. The topological polar surface area (TPSA) is 47.3 Å². The van der Waals surface area contributed by atoms with E-state index in [0.29, 0.717) is 32.9 Å². The van der Waals surface area contributed by atoms with Gasteiger partial charge in [0.2, 0.25) is 0 Å². The maximum atomic E-state index is 13.9. The monoisotopic (exact) mass is 380 g/mol. The highest BCUT2D eigenvalue weighted by Gasteiger charge is 2.36. The van der Waals surface area contributed by atoms with Crippen molar-refractivity contribution < 1.29 is 23.0 Å². The lowest BCUT2D eigenvalue weighted by Gasteiger charge is -2.20. The number of rotatable bonds is 3. The molecule has 0 spiro atoms. The molecule has 136 valence electrons. The summed E-state index contributed by atoms with van der Waals surface area (Å²) in [5.41, 5.74) is 1.90. The molecule has 0 amide bonds. The first kappa shape index (κ1) is 17.2. The number of aromatic nitrogens is 2. The lowest BCUT2D eigenvalue weighted by molar-refractivity contribution is -0.0508. The van der Waals surface area contributed by atoms with Gasteiger partial charge in [-0.05, 0) is 30.7 Å². The van der Waals surface area contributed by atoms with E-state index in [1.165, 1.54) is 12.1 Å². The van der Waals surface area contributed by atoms with E-state index in [-0.39, 0.29) is 12.2 Å². The first-order chi connectivity index (χ1) is 12.4. The Morgan fingerprint density at radius 3 is 2.85 bits per heavy atom. The number of aliphatic hydroxyl groups excluding tert-OH is 1. The molecule has 0 saturated carbocycles. The molecule has 26 heavy (non-hydrogen) atoms. The van der Waals surface area contributed by atoms with Crippen LogP contribution in [0.15, 0.2) is 35.2 Å². The minimum Gasteiger partial charge on any atom is -0.434 e. The zero-order valence-corrected chi connectivity index (χ0v) is 14.6. The Bertz CT molecular complexity index is 1010. The number of nitrogens with zero attached hydrogens (tertiary/aromatic N) is 2. The zero-order valence-electron chi connectivity index (χ0n) is 13.7. The van der Waals surface area contributed by atoms with Gasteiger partial charge in [-0.2, -0.15) is 8.78 Å². The van der Waals surface area contributed by atoms with Crippen LogP contribution in [0.1, 0.15) is 35.5 Å². The first-order valence-electron chi connectivity index (χ1n) is 7.99. The molecule has 1 N–H and O–H groups in total. The van der Waals surface area contributed by atoms with Gasteiger partial charge in [-0.15, -0.1) is 12.6 Å². The van der Waals surface area contributed by atoms with Crippen LogP contribution in [-0.2, 0) is 0 Å². The number of benzene rings is 2. The predicted molar refractivity (Wildman–Crippen MR) is 92.5 cm³/mol. The van der Waals surface area contributed by atoms with E-state index in [1.54, 1.807) is 29.7 Å². The second-order valence-corrected chi connectivity index (χ2v) is 6.75. The van der Waals surface area contributed by atoms with Gasteiger partial charge in [-0.1, -0.05) is 6.07 Å². The van der Waals surface area contributed by atoms with E-state index < -0.39 is 24.6 Å². The van der Waals surface area contributed by atoms with E-state index in [2.05, 4.69) is 22.3 Å². The summed E-state index contributed by atoms with van der Waals surface area (Å²) in [5, 5.41) is 10.4. The summed E-state index contributed by atoms with van der Waals surface area (Å²) in [4.78, 5) is 4.80. The molecule has 1 aliphatic heterocycles. The molecule has 8 heteroatoms. The third-order valence-electron chi connectivity index (χ3n) is 4.65. The van der Waals surface area contributed by atoms with Crippen molar-refractivity contribution in [1.29, 1.82) is 0 Å². The summed E-state index contributed by atoms with van der Waals surface area (Å²) < 4.78 is 45.9. The lowest BCUT2D eigenvalue weighted by Crippen LogP contribution is -2.11. The Morgan fingerprint density at radius 2 is 2.12 bits per heavy atom. The summed E-state index contributed by atoms with van der Waals surface area (Å²) in [7, 11) is 0. The van der Waals surface area contributed by atoms with Gasteiger partial charge in [-0.25, -0.2) is 9.37 Å². The normalized spacial score (nSPS) is 19.3. The van der Waals surface area contributed by atoms with Crippen LogP contribution in [-0.4, -0.2) is 21.3 Å². The van der Waals surface area contributed by atoms with E-state index in [1.807, 2.05) is 0 Å². The number of aryl methyl sites for hydroxylation is 1. The Balaban J connectivity index is 1.94. The van der Waals surface area contributed by atoms with Gasteiger partial charge in [-0.3, -0.25) is 0 Å². The molecular formula is C18H15F3N2O2S. The number of halogens is 3. The van der Waals surface area contributed by atoms with Crippen molar-refractivity contribution in [3.05, 3.63) is 53.1 Å². The summed E-state index contributed by atoms with van der Waals surface area (Å²) in [6.07, 6.45) is -0.658. The predicted octanol–water partition coefficient (Wildman–Crippen LogP) is 4.40. The smallest absolute Gasteiger partial charge is 0.387 e. The van der Waals surface area contributed by atoms with Gasteiger partial charge >= 0.3 is 6.61 Å². The van der Waals surface area contributed by atoms with E-state index in [9.17, 15) is 18.3 Å². The van der Waals surface area contributed by atoms with Gasteiger partial charge < -0.3 is 14.4 Å². The number of alkyl halides is 2. The average Bonchev–Trinajstić information content (AvgIpc) is 3.06. The van der Waals surface area contributed by atoms with E-state index in [4.69, 9.17) is 0 Å². The molecule has 2 aromatic carbocycles. The average molecular weight is 380 g/mol. The third-order valence-corrected chi connectivity index (χ3v) is 5.04. The SMILES string of the molecule is Cc1cc2c(cc1F)nc1n2[C@@H](c2c(S)cccc2OC(F)F)C[C@@H]1O. The molecule has 1 aromatic heterocycles. The molecule has 0 radical (unpaired) electrons. The fraction of sp³-hybridized carbons (Fsp3) is 0.278. The second-order valence-electron chi connectivity index (χ2n) is 6.26. The fourth-order valence-electron chi connectivity index (χ4n) is 3.54.